The molecule has 0 aromatic carbocycles. The van der Waals surface area contributed by atoms with Gasteiger partial charge >= 0.3 is 0 Å². The molecule has 0 aliphatic rings. The van der Waals surface area contributed by atoms with Gasteiger partial charge in [-0.15, -0.1) is 0 Å². The Labute approximate surface area is 156 Å². The van der Waals surface area contributed by atoms with Gasteiger partial charge in [0.25, 0.3) is 11.6 Å². The molecule has 0 saturated heterocycles. The minimum atomic E-state index is -0.373. The highest BCUT2D eigenvalue weighted by molar-refractivity contribution is 6.07. The number of aromatic nitrogens is 2. The molecule has 0 spiro atoms. The Morgan fingerprint density at radius 1 is 1.30 bits per heavy atom. The summed E-state index contributed by atoms with van der Waals surface area (Å²) in [4.78, 5) is 31.0. The van der Waals surface area contributed by atoms with Crippen molar-refractivity contribution in [1.82, 2.24) is 20.4 Å². The third-order valence-corrected chi connectivity index (χ3v) is 3.86. The van der Waals surface area contributed by atoms with E-state index in [1.165, 1.54) is 11.2 Å². The highest BCUT2D eigenvalue weighted by atomic mass is 16.5. The van der Waals surface area contributed by atoms with Crippen LogP contribution in [0.3, 0.4) is 0 Å². The first-order valence-electron chi connectivity index (χ1n) is 8.53. The van der Waals surface area contributed by atoms with Gasteiger partial charge in [0.1, 0.15) is 5.69 Å². The minimum Gasteiger partial charge on any atom is -0.463 e. The van der Waals surface area contributed by atoms with Crippen LogP contribution in [0.5, 0.6) is 0 Å². The van der Waals surface area contributed by atoms with Gasteiger partial charge in [0.2, 0.25) is 5.91 Å². The highest BCUT2D eigenvalue weighted by Gasteiger charge is 2.24. The standard InChI is InChI=1S/C19H22N4O4/c1-11-16-12(18(25)23(5)10-15(24)21-19(2,3)4)9-13(14-7-6-8-26-14)20-17(16)27-22-11/h6-9H,10H2,1-5H3,(H,21,24). The maximum Gasteiger partial charge on any atom is 0.259 e. The van der Waals surface area contributed by atoms with Crippen LogP contribution >= 0.6 is 0 Å². The molecule has 2 amide bonds. The fraction of sp³-hybridized carbons (Fsp3) is 0.368. The molecule has 27 heavy (non-hydrogen) atoms. The zero-order valence-corrected chi connectivity index (χ0v) is 16.0. The Kier molecular flexibility index (Phi) is 4.73. The number of nitrogens with one attached hydrogen (secondary N) is 1. The number of hydrogen-bond donors (Lipinski definition) is 1. The van der Waals surface area contributed by atoms with Crippen LogP contribution in [0.15, 0.2) is 33.4 Å². The summed E-state index contributed by atoms with van der Waals surface area (Å²) in [6.45, 7) is 7.32. The number of amides is 2. The van der Waals surface area contributed by atoms with E-state index in [1.54, 1.807) is 32.2 Å². The molecule has 0 aliphatic heterocycles. The normalized spacial score (nSPS) is 11.6. The van der Waals surface area contributed by atoms with Gasteiger partial charge in [-0.3, -0.25) is 9.59 Å². The van der Waals surface area contributed by atoms with Crippen LogP contribution in [0.4, 0.5) is 0 Å². The Hall–Kier alpha value is -3.16. The number of nitrogens with zero attached hydrogens (tertiary/aromatic N) is 3. The van der Waals surface area contributed by atoms with Crippen molar-refractivity contribution in [2.24, 2.45) is 0 Å². The van der Waals surface area contributed by atoms with Crippen molar-refractivity contribution in [2.45, 2.75) is 33.2 Å². The molecule has 3 aromatic heterocycles. The summed E-state index contributed by atoms with van der Waals surface area (Å²) >= 11 is 0. The van der Waals surface area contributed by atoms with Crippen molar-refractivity contribution in [2.75, 3.05) is 13.6 Å². The van der Waals surface area contributed by atoms with E-state index in [1.807, 2.05) is 20.8 Å². The molecular weight excluding hydrogens is 348 g/mol. The molecule has 3 aromatic rings. The van der Waals surface area contributed by atoms with Crippen LogP contribution in [0.1, 0.15) is 36.8 Å². The van der Waals surface area contributed by atoms with Gasteiger partial charge in [0, 0.05) is 12.6 Å². The largest absolute Gasteiger partial charge is 0.463 e. The molecule has 142 valence electrons. The second-order valence-electron chi connectivity index (χ2n) is 7.44. The number of rotatable bonds is 4. The van der Waals surface area contributed by atoms with Gasteiger partial charge in [0.05, 0.1) is 29.5 Å². The molecular formula is C19H22N4O4. The van der Waals surface area contributed by atoms with E-state index in [0.29, 0.717) is 28.1 Å². The van der Waals surface area contributed by atoms with Gasteiger partial charge in [-0.1, -0.05) is 5.16 Å². The quantitative estimate of drug-likeness (QED) is 0.758. The lowest BCUT2D eigenvalue weighted by molar-refractivity contribution is -0.122. The molecule has 1 N–H and O–H groups in total. The lowest BCUT2D eigenvalue weighted by atomic mass is 10.1. The van der Waals surface area contributed by atoms with Crippen molar-refractivity contribution in [1.29, 1.82) is 0 Å². The minimum absolute atomic E-state index is 0.0691. The summed E-state index contributed by atoms with van der Waals surface area (Å²) in [5.74, 6) is -0.0596. The molecule has 0 unspecified atom stereocenters. The van der Waals surface area contributed by atoms with E-state index < -0.39 is 0 Å². The van der Waals surface area contributed by atoms with Gasteiger partial charge in [-0.25, -0.2) is 4.98 Å². The first-order valence-corrected chi connectivity index (χ1v) is 8.53. The second-order valence-corrected chi connectivity index (χ2v) is 7.44. The molecule has 0 fully saturated rings. The molecule has 0 radical (unpaired) electrons. The number of furan rings is 1. The van der Waals surface area contributed by atoms with E-state index >= 15 is 0 Å². The van der Waals surface area contributed by atoms with Crippen LogP contribution in [0, 0.1) is 6.92 Å². The number of carbonyl (C=O) groups is 2. The van der Waals surface area contributed by atoms with Crippen LogP contribution in [-0.4, -0.2) is 46.0 Å². The van der Waals surface area contributed by atoms with E-state index in [2.05, 4.69) is 15.5 Å². The number of aryl methyl sites for hydroxylation is 1. The number of hydrogen-bond acceptors (Lipinski definition) is 6. The number of carbonyl (C=O) groups excluding carboxylic acids is 2. The average molecular weight is 370 g/mol. The monoisotopic (exact) mass is 370 g/mol. The third-order valence-electron chi connectivity index (χ3n) is 3.86. The van der Waals surface area contributed by atoms with Gasteiger partial charge in [-0.05, 0) is 45.9 Å². The summed E-state index contributed by atoms with van der Waals surface area (Å²) in [6.07, 6.45) is 1.53. The molecule has 0 bridgehead atoms. The lowest BCUT2D eigenvalue weighted by Crippen LogP contribution is -2.46. The van der Waals surface area contributed by atoms with Gasteiger partial charge < -0.3 is 19.2 Å². The van der Waals surface area contributed by atoms with Crippen LogP contribution in [-0.2, 0) is 4.79 Å². The van der Waals surface area contributed by atoms with Crippen molar-refractivity contribution >= 4 is 22.9 Å². The molecule has 0 saturated carbocycles. The smallest absolute Gasteiger partial charge is 0.259 e. The molecule has 8 heteroatoms. The molecule has 3 heterocycles. The fourth-order valence-corrected chi connectivity index (χ4v) is 2.76. The Morgan fingerprint density at radius 2 is 2.04 bits per heavy atom. The van der Waals surface area contributed by atoms with Crippen molar-refractivity contribution in [3.63, 3.8) is 0 Å². The van der Waals surface area contributed by atoms with E-state index in [0.717, 1.165) is 0 Å². The van der Waals surface area contributed by atoms with Gasteiger partial charge in [0.15, 0.2) is 5.76 Å². The molecule has 8 nitrogen and oxygen atoms in total. The molecule has 0 aliphatic carbocycles. The third kappa shape index (κ3) is 3.99. The fourth-order valence-electron chi connectivity index (χ4n) is 2.76. The Bertz CT molecular complexity index is 983. The van der Waals surface area contributed by atoms with E-state index in [9.17, 15) is 9.59 Å². The van der Waals surface area contributed by atoms with Crippen LogP contribution < -0.4 is 5.32 Å². The Balaban J connectivity index is 1.95. The predicted octanol–water partition coefficient (Wildman–Crippen LogP) is 2.78. The van der Waals surface area contributed by atoms with Crippen LogP contribution in [0.25, 0.3) is 22.6 Å². The second kappa shape index (κ2) is 6.86. The topological polar surface area (TPSA) is 101 Å². The first-order chi connectivity index (χ1) is 12.7. The maximum atomic E-state index is 13.0. The lowest BCUT2D eigenvalue weighted by Gasteiger charge is -2.23. The summed E-state index contributed by atoms with van der Waals surface area (Å²) in [7, 11) is 1.58. The maximum absolute atomic E-state index is 13.0. The van der Waals surface area contributed by atoms with Crippen LogP contribution in [0.2, 0.25) is 0 Å². The summed E-state index contributed by atoms with van der Waals surface area (Å²) in [5.41, 5.74) is 1.25. The predicted molar refractivity (Wildman–Crippen MR) is 99.1 cm³/mol. The average Bonchev–Trinajstić information content (AvgIpc) is 3.21. The number of fused-ring (bicyclic) bond motifs is 1. The molecule has 3 rings (SSSR count). The zero-order chi connectivity index (χ0) is 19.8. The van der Waals surface area contributed by atoms with Crippen molar-refractivity contribution in [3.8, 4) is 11.5 Å². The highest BCUT2D eigenvalue weighted by Crippen LogP contribution is 2.28. The summed E-state index contributed by atoms with van der Waals surface area (Å²) < 4.78 is 10.6. The summed E-state index contributed by atoms with van der Waals surface area (Å²) in [6, 6.07) is 5.11. The summed E-state index contributed by atoms with van der Waals surface area (Å²) in [5, 5.41) is 7.28. The van der Waals surface area contributed by atoms with E-state index in [-0.39, 0.29) is 29.6 Å². The van der Waals surface area contributed by atoms with E-state index in [4.69, 9.17) is 8.94 Å². The number of pyridine rings is 1. The van der Waals surface area contributed by atoms with Crippen molar-refractivity contribution in [3.05, 3.63) is 35.7 Å². The molecule has 0 atom stereocenters. The first kappa shape index (κ1) is 18.6. The Morgan fingerprint density at radius 3 is 2.67 bits per heavy atom. The SMILES string of the molecule is Cc1noc2nc(-c3ccco3)cc(C(=O)N(C)CC(=O)NC(C)(C)C)c12. The van der Waals surface area contributed by atoms with Gasteiger partial charge in [-0.2, -0.15) is 0 Å². The number of likely N-dealkylation sites (N-methyl/N-ethyl adjacent to an activating group) is 1. The van der Waals surface area contributed by atoms with Crippen molar-refractivity contribution < 1.29 is 18.5 Å². The zero-order valence-electron chi connectivity index (χ0n) is 16.0.